The number of piperidine rings is 1. The van der Waals surface area contributed by atoms with Gasteiger partial charge in [0.2, 0.25) is 0 Å². The van der Waals surface area contributed by atoms with Crippen molar-refractivity contribution < 1.29 is 0 Å². The molecule has 1 saturated heterocycles. The highest BCUT2D eigenvalue weighted by Crippen LogP contribution is 2.30. The molecule has 0 aromatic rings. The Morgan fingerprint density at radius 3 is 2.71 bits per heavy atom. The first-order chi connectivity index (χ1) is 6.90. The molecule has 0 aromatic heterocycles. The van der Waals surface area contributed by atoms with Crippen LogP contribution in [-0.2, 0) is 0 Å². The minimum absolute atomic E-state index is 0.837. The van der Waals surface area contributed by atoms with Crippen LogP contribution in [-0.4, -0.2) is 37.1 Å². The molecule has 2 fully saturated rings. The van der Waals surface area contributed by atoms with E-state index in [1.807, 2.05) is 0 Å². The summed E-state index contributed by atoms with van der Waals surface area (Å²) in [6, 6.07) is 0.837. The fraction of sp³-hybridized carbons (Fsp3) is 1.00. The summed E-state index contributed by atoms with van der Waals surface area (Å²) in [7, 11) is 0. The third-order valence-electron chi connectivity index (χ3n) is 3.49. The van der Waals surface area contributed by atoms with Gasteiger partial charge in [-0.05, 0) is 51.1 Å². The van der Waals surface area contributed by atoms with E-state index in [-0.39, 0.29) is 0 Å². The molecular weight excluding hydrogens is 172 g/mol. The second-order valence-corrected chi connectivity index (χ2v) is 4.94. The van der Waals surface area contributed by atoms with Crippen LogP contribution in [0.3, 0.4) is 0 Å². The van der Waals surface area contributed by atoms with E-state index in [0.717, 1.165) is 12.0 Å². The lowest BCUT2D eigenvalue weighted by atomic mass is 10.1. The van der Waals surface area contributed by atoms with Crippen LogP contribution in [0.15, 0.2) is 0 Å². The first-order valence-electron chi connectivity index (χ1n) is 6.35. The summed E-state index contributed by atoms with van der Waals surface area (Å²) < 4.78 is 0. The fourth-order valence-electron chi connectivity index (χ4n) is 2.49. The molecule has 1 unspecified atom stereocenters. The van der Waals surface area contributed by atoms with Crippen LogP contribution in [0.1, 0.15) is 39.0 Å². The average molecular weight is 196 g/mol. The van der Waals surface area contributed by atoms with Crippen molar-refractivity contribution in [1.82, 2.24) is 10.2 Å². The minimum atomic E-state index is 0.837. The van der Waals surface area contributed by atoms with Gasteiger partial charge in [0.05, 0.1) is 0 Å². The molecule has 1 atom stereocenters. The van der Waals surface area contributed by atoms with E-state index in [0.29, 0.717) is 0 Å². The standard InChI is InChI=1S/C12H24N2/c1-2-8-14(10-11-5-6-11)12-4-3-7-13-9-12/h11-13H,2-10H2,1H3. The molecule has 0 spiro atoms. The first-order valence-corrected chi connectivity index (χ1v) is 6.35. The molecule has 2 rings (SSSR count). The van der Waals surface area contributed by atoms with Crippen molar-refractivity contribution in [3.63, 3.8) is 0 Å². The van der Waals surface area contributed by atoms with Crippen molar-refractivity contribution in [2.24, 2.45) is 5.92 Å². The Bertz CT molecular complexity index is 160. The van der Waals surface area contributed by atoms with Gasteiger partial charge in [-0.3, -0.25) is 4.90 Å². The molecule has 82 valence electrons. The largest absolute Gasteiger partial charge is 0.315 e. The normalized spacial score (nSPS) is 28.3. The number of hydrogen-bond donors (Lipinski definition) is 1. The van der Waals surface area contributed by atoms with Crippen LogP contribution in [0.2, 0.25) is 0 Å². The maximum atomic E-state index is 3.53. The van der Waals surface area contributed by atoms with Crippen LogP contribution in [0.4, 0.5) is 0 Å². The Labute approximate surface area is 88.1 Å². The van der Waals surface area contributed by atoms with Crippen molar-refractivity contribution in [3.8, 4) is 0 Å². The summed E-state index contributed by atoms with van der Waals surface area (Å²) in [5, 5.41) is 3.53. The van der Waals surface area contributed by atoms with Crippen molar-refractivity contribution in [2.75, 3.05) is 26.2 Å². The van der Waals surface area contributed by atoms with E-state index in [2.05, 4.69) is 17.1 Å². The number of rotatable bonds is 5. The van der Waals surface area contributed by atoms with Crippen LogP contribution >= 0.6 is 0 Å². The van der Waals surface area contributed by atoms with E-state index >= 15 is 0 Å². The van der Waals surface area contributed by atoms with E-state index < -0.39 is 0 Å². The van der Waals surface area contributed by atoms with Gasteiger partial charge < -0.3 is 5.32 Å². The molecule has 1 saturated carbocycles. The van der Waals surface area contributed by atoms with Gasteiger partial charge >= 0.3 is 0 Å². The quantitative estimate of drug-likeness (QED) is 0.722. The maximum Gasteiger partial charge on any atom is 0.0221 e. The lowest BCUT2D eigenvalue weighted by molar-refractivity contribution is 0.159. The van der Waals surface area contributed by atoms with E-state index in [9.17, 15) is 0 Å². The van der Waals surface area contributed by atoms with Gasteiger partial charge in [-0.25, -0.2) is 0 Å². The minimum Gasteiger partial charge on any atom is -0.315 e. The zero-order valence-corrected chi connectivity index (χ0v) is 9.47. The lowest BCUT2D eigenvalue weighted by Gasteiger charge is -2.34. The Morgan fingerprint density at radius 1 is 1.29 bits per heavy atom. The summed E-state index contributed by atoms with van der Waals surface area (Å²) >= 11 is 0. The molecule has 2 nitrogen and oxygen atoms in total. The molecule has 0 amide bonds. The molecule has 2 aliphatic rings. The number of nitrogens with zero attached hydrogens (tertiary/aromatic N) is 1. The van der Waals surface area contributed by atoms with Crippen LogP contribution in [0.25, 0.3) is 0 Å². The smallest absolute Gasteiger partial charge is 0.0221 e. The van der Waals surface area contributed by atoms with Gasteiger partial charge in [0, 0.05) is 19.1 Å². The van der Waals surface area contributed by atoms with Crippen molar-refractivity contribution in [2.45, 2.75) is 45.1 Å². The van der Waals surface area contributed by atoms with Crippen molar-refractivity contribution >= 4 is 0 Å². The molecule has 1 N–H and O–H groups in total. The molecule has 2 heteroatoms. The predicted molar refractivity (Wildman–Crippen MR) is 60.5 cm³/mol. The highest BCUT2D eigenvalue weighted by Gasteiger charge is 2.28. The molecule has 0 radical (unpaired) electrons. The van der Waals surface area contributed by atoms with Gasteiger partial charge in [0.15, 0.2) is 0 Å². The Morgan fingerprint density at radius 2 is 2.14 bits per heavy atom. The fourth-order valence-corrected chi connectivity index (χ4v) is 2.49. The Kier molecular flexibility index (Phi) is 3.82. The molecule has 1 aliphatic carbocycles. The number of hydrogen-bond acceptors (Lipinski definition) is 2. The average Bonchev–Trinajstić information content (AvgIpc) is 3.03. The SMILES string of the molecule is CCCN(CC1CC1)C1CCCNC1. The topological polar surface area (TPSA) is 15.3 Å². The second-order valence-electron chi connectivity index (χ2n) is 4.94. The van der Waals surface area contributed by atoms with Crippen LogP contribution in [0, 0.1) is 5.92 Å². The zero-order valence-electron chi connectivity index (χ0n) is 9.47. The van der Waals surface area contributed by atoms with Gasteiger partial charge in [-0.2, -0.15) is 0 Å². The first kappa shape index (κ1) is 10.4. The summed E-state index contributed by atoms with van der Waals surface area (Å²) in [5.74, 6) is 1.04. The van der Waals surface area contributed by atoms with Crippen molar-refractivity contribution in [3.05, 3.63) is 0 Å². The third-order valence-corrected chi connectivity index (χ3v) is 3.49. The Balaban J connectivity index is 1.79. The molecule has 0 bridgehead atoms. The monoisotopic (exact) mass is 196 g/mol. The van der Waals surface area contributed by atoms with Gasteiger partial charge in [0.25, 0.3) is 0 Å². The lowest BCUT2D eigenvalue weighted by Crippen LogP contribution is -2.47. The third kappa shape index (κ3) is 2.96. The van der Waals surface area contributed by atoms with Crippen LogP contribution < -0.4 is 5.32 Å². The predicted octanol–water partition coefficient (Wildman–Crippen LogP) is 1.86. The highest BCUT2D eigenvalue weighted by molar-refractivity contribution is 4.83. The molecular formula is C12H24N2. The zero-order chi connectivity index (χ0) is 9.80. The van der Waals surface area contributed by atoms with Crippen LogP contribution in [0.5, 0.6) is 0 Å². The highest BCUT2D eigenvalue weighted by atomic mass is 15.2. The van der Waals surface area contributed by atoms with E-state index in [1.54, 1.807) is 0 Å². The summed E-state index contributed by atoms with van der Waals surface area (Å²) in [6.07, 6.45) is 7.07. The summed E-state index contributed by atoms with van der Waals surface area (Å²) in [4.78, 5) is 2.74. The van der Waals surface area contributed by atoms with Gasteiger partial charge in [0.1, 0.15) is 0 Å². The number of nitrogens with one attached hydrogen (secondary N) is 1. The molecule has 1 heterocycles. The second kappa shape index (κ2) is 5.13. The molecule has 0 aromatic carbocycles. The van der Waals surface area contributed by atoms with Gasteiger partial charge in [-0.1, -0.05) is 6.92 Å². The van der Waals surface area contributed by atoms with E-state index in [4.69, 9.17) is 0 Å². The summed E-state index contributed by atoms with van der Waals surface area (Å²) in [6.45, 7) is 7.45. The maximum absolute atomic E-state index is 3.53. The molecule has 14 heavy (non-hydrogen) atoms. The van der Waals surface area contributed by atoms with Gasteiger partial charge in [-0.15, -0.1) is 0 Å². The Hall–Kier alpha value is -0.0800. The summed E-state index contributed by atoms with van der Waals surface area (Å²) in [5.41, 5.74) is 0. The molecule has 1 aliphatic heterocycles. The van der Waals surface area contributed by atoms with Crippen molar-refractivity contribution in [1.29, 1.82) is 0 Å². The van der Waals surface area contributed by atoms with E-state index in [1.165, 1.54) is 58.3 Å².